The summed E-state index contributed by atoms with van der Waals surface area (Å²) < 4.78 is 22.6. The van der Waals surface area contributed by atoms with Crippen LogP contribution in [0.2, 0.25) is 0 Å². The van der Waals surface area contributed by atoms with Gasteiger partial charge < -0.3 is 10.8 Å². The molecule has 1 saturated carbocycles. The minimum absolute atomic E-state index is 0.0211. The van der Waals surface area contributed by atoms with E-state index in [1.165, 1.54) is 6.92 Å². The van der Waals surface area contributed by atoms with Crippen molar-refractivity contribution in [1.29, 1.82) is 0 Å². The number of hydrogen-bond donors (Lipinski definition) is 2. The van der Waals surface area contributed by atoms with Crippen LogP contribution in [0.3, 0.4) is 0 Å². The quantitative estimate of drug-likeness (QED) is 0.630. The number of hydrogen-bond acceptors (Lipinski definition) is 4. The van der Waals surface area contributed by atoms with Crippen LogP contribution in [0.1, 0.15) is 13.3 Å². The lowest BCUT2D eigenvalue weighted by molar-refractivity contribution is -0.142. The molecule has 1 aliphatic carbocycles. The molecule has 5 nitrogen and oxygen atoms in total. The van der Waals surface area contributed by atoms with E-state index in [2.05, 4.69) is 0 Å². The van der Waals surface area contributed by atoms with Crippen LogP contribution in [0.25, 0.3) is 0 Å². The van der Waals surface area contributed by atoms with Gasteiger partial charge in [0.05, 0.1) is 10.7 Å². The van der Waals surface area contributed by atoms with E-state index in [1.807, 2.05) is 0 Å². The molecule has 0 spiro atoms. The molecule has 1 rings (SSSR count). The number of rotatable bonds is 4. The van der Waals surface area contributed by atoms with Crippen molar-refractivity contribution in [2.24, 2.45) is 11.1 Å². The molecule has 0 amide bonds. The number of carboxylic acid groups (broad SMARTS) is 1. The number of carboxylic acids is 1. The Balaban J connectivity index is 2.89. The predicted molar refractivity (Wildman–Crippen MR) is 47.0 cm³/mol. The molecular formula is C7H13NO4S. The summed E-state index contributed by atoms with van der Waals surface area (Å²) in [5.41, 5.74) is 4.07. The molecule has 0 radical (unpaired) electrons. The van der Waals surface area contributed by atoms with Crippen molar-refractivity contribution in [3.8, 4) is 0 Å². The molecule has 76 valence electrons. The normalized spacial score (nSPS) is 32.9. The van der Waals surface area contributed by atoms with Gasteiger partial charge in [0.1, 0.15) is 0 Å². The van der Waals surface area contributed by atoms with Crippen molar-refractivity contribution in [1.82, 2.24) is 0 Å². The molecule has 1 fully saturated rings. The minimum atomic E-state index is -3.25. The zero-order valence-electron chi connectivity index (χ0n) is 7.36. The molecule has 13 heavy (non-hydrogen) atoms. The Labute approximate surface area is 76.8 Å². The van der Waals surface area contributed by atoms with Gasteiger partial charge in [0.2, 0.25) is 0 Å². The highest BCUT2D eigenvalue weighted by molar-refractivity contribution is 7.92. The summed E-state index contributed by atoms with van der Waals surface area (Å²) >= 11 is 0. The lowest BCUT2D eigenvalue weighted by Gasteiger charge is -2.08. The summed E-state index contributed by atoms with van der Waals surface area (Å²) in [7, 11) is -3.25. The second-order valence-electron chi connectivity index (χ2n) is 3.31. The molecule has 3 N–H and O–H groups in total. The van der Waals surface area contributed by atoms with Crippen LogP contribution >= 0.6 is 0 Å². The summed E-state index contributed by atoms with van der Waals surface area (Å²) in [4.78, 5) is 10.7. The average molecular weight is 207 g/mol. The van der Waals surface area contributed by atoms with Gasteiger partial charge >= 0.3 is 5.97 Å². The fourth-order valence-electron chi connectivity index (χ4n) is 1.47. The number of aliphatic carboxylic acids is 1. The van der Waals surface area contributed by atoms with Crippen molar-refractivity contribution in [3.05, 3.63) is 0 Å². The van der Waals surface area contributed by atoms with Gasteiger partial charge in [-0.15, -0.1) is 0 Å². The van der Waals surface area contributed by atoms with Crippen molar-refractivity contribution < 1.29 is 18.3 Å². The van der Waals surface area contributed by atoms with E-state index in [9.17, 15) is 13.2 Å². The maximum atomic E-state index is 11.3. The third-order valence-corrected chi connectivity index (χ3v) is 4.92. The summed E-state index contributed by atoms with van der Waals surface area (Å²) in [5.74, 6) is -1.12. The Hall–Kier alpha value is -0.620. The van der Waals surface area contributed by atoms with Gasteiger partial charge in [-0.1, -0.05) is 6.92 Å². The lowest BCUT2D eigenvalue weighted by Crippen LogP contribution is -2.31. The predicted octanol–water partition coefficient (Wildman–Crippen LogP) is -0.777. The Morgan fingerprint density at radius 1 is 1.69 bits per heavy atom. The summed E-state index contributed by atoms with van der Waals surface area (Å²) in [6.07, 6.45) is 0.162. The van der Waals surface area contributed by atoms with Gasteiger partial charge in [0, 0.05) is 12.3 Å². The monoisotopic (exact) mass is 207 g/mol. The van der Waals surface area contributed by atoms with E-state index in [1.54, 1.807) is 0 Å². The number of carbonyl (C=O) groups is 1. The standard InChI is InChI=1S/C7H13NO4S/c1-2-13(11,12)5-3-7(5,4-8)6(9)10/h5H,2-4,8H2,1H3,(H,9,10)/t5-,7-/m1/s1. The first-order valence-electron chi connectivity index (χ1n) is 4.05. The Kier molecular flexibility index (Phi) is 2.38. The highest BCUT2D eigenvalue weighted by Gasteiger charge is 2.65. The molecule has 0 aliphatic heterocycles. The second-order valence-corrected chi connectivity index (χ2v) is 5.78. The zero-order valence-corrected chi connectivity index (χ0v) is 8.17. The van der Waals surface area contributed by atoms with Crippen LogP contribution < -0.4 is 5.73 Å². The molecule has 0 unspecified atom stereocenters. The zero-order chi connectivity index (χ0) is 10.3. The van der Waals surface area contributed by atoms with Gasteiger partial charge in [-0.2, -0.15) is 0 Å². The minimum Gasteiger partial charge on any atom is -0.481 e. The third kappa shape index (κ3) is 1.44. The molecule has 0 aromatic heterocycles. The highest BCUT2D eigenvalue weighted by Crippen LogP contribution is 2.50. The molecule has 0 aromatic rings. The van der Waals surface area contributed by atoms with Crippen molar-refractivity contribution in [2.75, 3.05) is 12.3 Å². The SMILES string of the molecule is CCS(=O)(=O)[C@@H]1C[C@]1(CN)C(=O)O. The average Bonchev–Trinajstić information content (AvgIpc) is 2.80. The van der Waals surface area contributed by atoms with Gasteiger partial charge in [-0.3, -0.25) is 4.79 Å². The van der Waals surface area contributed by atoms with Crippen molar-refractivity contribution in [3.63, 3.8) is 0 Å². The second kappa shape index (κ2) is 2.95. The van der Waals surface area contributed by atoms with Crippen LogP contribution in [0.15, 0.2) is 0 Å². The maximum Gasteiger partial charge on any atom is 0.312 e. The lowest BCUT2D eigenvalue weighted by atomic mass is 10.1. The first-order valence-corrected chi connectivity index (χ1v) is 5.77. The van der Waals surface area contributed by atoms with E-state index in [-0.39, 0.29) is 18.7 Å². The van der Waals surface area contributed by atoms with E-state index in [0.717, 1.165) is 0 Å². The Bertz CT molecular complexity index is 323. The topological polar surface area (TPSA) is 97.5 Å². The number of nitrogens with two attached hydrogens (primary N) is 1. The third-order valence-electron chi connectivity index (χ3n) is 2.63. The maximum absolute atomic E-state index is 11.3. The van der Waals surface area contributed by atoms with Crippen LogP contribution in [-0.4, -0.2) is 37.0 Å². The molecular weight excluding hydrogens is 194 g/mol. The van der Waals surface area contributed by atoms with E-state index in [0.29, 0.717) is 0 Å². The number of sulfone groups is 1. The molecule has 0 bridgehead atoms. The molecule has 2 atom stereocenters. The summed E-state index contributed by atoms with van der Waals surface area (Å²) in [5, 5.41) is 8.02. The van der Waals surface area contributed by atoms with Crippen LogP contribution in [0.4, 0.5) is 0 Å². The van der Waals surface area contributed by atoms with Crippen LogP contribution in [0, 0.1) is 5.41 Å². The smallest absolute Gasteiger partial charge is 0.312 e. The van der Waals surface area contributed by atoms with E-state index in [4.69, 9.17) is 10.8 Å². The van der Waals surface area contributed by atoms with Crippen LogP contribution in [-0.2, 0) is 14.6 Å². The van der Waals surface area contributed by atoms with Gasteiger partial charge in [-0.25, -0.2) is 8.42 Å². The van der Waals surface area contributed by atoms with Crippen LogP contribution in [0.5, 0.6) is 0 Å². The summed E-state index contributed by atoms with van der Waals surface area (Å²) in [6, 6.07) is 0. The molecule has 0 aromatic carbocycles. The first kappa shape index (κ1) is 10.5. The molecule has 6 heteroatoms. The van der Waals surface area contributed by atoms with Crippen molar-refractivity contribution in [2.45, 2.75) is 18.6 Å². The van der Waals surface area contributed by atoms with E-state index < -0.39 is 26.5 Å². The van der Waals surface area contributed by atoms with Gasteiger partial charge in [0.25, 0.3) is 0 Å². The Morgan fingerprint density at radius 2 is 2.23 bits per heavy atom. The summed E-state index contributed by atoms with van der Waals surface area (Å²) in [6.45, 7) is 1.41. The molecule has 1 aliphatic rings. The Morgan fingerprint density at radius 3 is 2.46 bits per heavy atom. The first-order chi connectivity index (χ1) is 5.90. The highest BCUT2D eigenvalue weighted by atomic mass is 32.2. The fraction of sp³-hybridized carbons (Fsp3) is 0.857. The molecule has 0 heterocycles. The largest absolute Gasteiger partial charge is 0.481 e. The van der Waals surface area contributed by atoms with E-state index >= 15 is 0 Å². The fourth-order valence-corrected chi connectivity index (χ4v) is 3.31. The van der Waals surface area contributed by atoms with Gasteiger partial charge in [-0.05, 0) is 6.42 Å². The van der Waals surface area contributed by atoms with Crippen molar-refractivity contribution >= 4 is 15.8 Å². The molecule has 0 saturated heterocycles. The van der Waals surface area contributed by atoms with Gasteiger partial charge in [0.15, 0.2) is 9.84 Å².